The number of aryl methyl sites for hydroxylation is 1. The molecule has 1 atom stereocenters. The van der Waals surface area contributed by atoms with Crippen molar-refractivity contribution in [3.8, 4) is 11.5 Å². The topological polar surface area (TPSA) is 43.4 Å². The van der Waals surface area contributed by atoms with Gasteiger partial charge < -0.3 is 14.8 Å². The summed E-state index contributed by atoms with van der Waals surface area (Å²) < 4.78 is 10.8. The molecule has 2 aromatic rings. The number of aromatic nitrogens is 1. The minimum atomic E-state index is 0.164. The summed E-state index contributed by atoms with van der Waals surface area (Å²) in [4.78, 5) is 4.26. The second-order valence-corrected chi connectivity index (χ2v) is 4.75. The fraction of sp³-hybridized carbons (Fsp3) is 0.312. The molecule has 20 heavy (non-hydrogen) atoms. The van der Waals surface area contributed by atoms with E-state index in [2.05, 4.69) is 24.1 Å². The fourth-order valence-electron chi connectivity index (χ4n) is 1.74. The molecule has 0 aliphatic carbocycles. The Balaban J connectivity index is 1.82. The maximum Gasteiger partial charge on any atom is 0.137 e. The number of ether oxygens (including phenoxy) is 2. The van der Waals surface area contributed by atoms with Gasteiger partial charge in [-0.3, -0.25) is 0 Å². The third-order valence-electron chi connectivity index (χ3n) is 2.89. The standard InChI is InChI=1S/C16H20N2O2/c1-12-4-6-14(7-5-12)20-11-13(2)18-16-9-8-15(19-3)10-17-16/h4-10,13H,11H2,1-3H3,(H,17,18). The van der Waals surface area contributed by atoms with Crippen molar-refractivity contribution >= 4 is 5.82 Å². The first-order valence-electron chi connectivity index (χ1n) is 6.63. The van der Waals surface area contributed by atoms with Crippen LogP contribution in [0.1, 0.15) is 12.5 Å². The molecular formula is C16H20N2O2. The van der Waals surface area contributed by atoms with Crippen LogP contribution in [-0.4, -0.2) is 24.7 Å². The van der Waals surface area contributed by atoms with Gasteiger partial charge in [0.05, 0.1) is 19.3 Å². The molecule has 4 nitrogen and oxygen atoms in total. The van der Waals surface area contributed by atoms with E-state index in [1.807, 2.05) is 36.4 Å². The average Bonchev–Trinajstić information content (AvgIpc) is 2.47. The van der Waals surface area contributed by atoms with Crippen LogP contribution < -0.4 is 14.8 Å². The third kappa shape index (κ3) is 4.16. The van der Waals surface area contributed by atoms with Gasteiger partial charge in [0, 0.05) is 0 Å². The lowest BCUT2D eigenvalue weighted by Crippen LogP contribution is -2.23. The van der Waals surface area contributed by atoms with Gasteiger partial charge in [-0.2, -0.15) is 0 Å². The van der Waals surface area contributed by atoms with Gasteiger partial charge in [-0.25, -0.2) is 4.98 Å². The number of benzene rings is 1. The third-order valence-corrected chi connectivity index (χ3v) is 2.89. The van der Waals surface area contributed by atoms with Crippen LogP contribution in [0.4, 0.5) is 5.82 Å². The van der Waals surface area contributed by atoms with E-state index in [1.54, 1.807) is 13.3 Å². The molecule has 106 valence electrons. The number of anilines is 1. The van der Waals surface area contributed by atoms with E-state index in [0.717, 1.165) is 17.3 Å². The number of hydrogen-bond acceptors (Lipinski definition) is 4. The zero-order valence-corrected chi connectivity index (χ0v) is 12.1. The Morgan fingerprint density at radius 3 is 2.40 bits per heavy atom. The van der Waals surface area contributed by atoms with E-state index in [0.29, 0.717) is 6.61 Å². The molecule has 2 rings (SSSR count). The van der Waals surface area contributed by atoms with E-state index < -0.39 is 0 Å². The number of hydrogen-bond donors (Lipinski definition) is 1. The molecule has 1 aromatic carbocycles. The number of nitrogens with zero attached hydrogens (tertiary/aromatic N) is 1. The van der Waals surface area contributed by atoms with Crippen LogP contribution >= 0.6 is 0 Å². The molecule has 0 saturated carbocycles. The largest absolute Gasteiger partial charge is 0.495 e. The van der Waals surface area contributed by atoms with Crippen LogP contribution in [0.25, 0.3) is 0 Å². The molecule has 0 radical (unpaired) electrons. The lowest BCUT2D eigenvalue weighted by Gasteiger charge is -2.15. The lowest BCUT2D eigenvalue weighted by molar-refractivity contribution is 0.303. The highest BCUT2D eigenvalue weighted by atomic mass is 16.5. The molecule has 1 unspecified atom stereocenters. The van der Waals surface area contributed by atoms with Crippen LogP contribution in [0.15, 0.2) is 42.6 Å². The summed E-state index contributed by atoms with van der Waals surface area (Å²) in [6.07, 6.45) is 1.69. The second kappa shape index (κ2) is 6.80. The molecule has 1 N–H and O–H groups in total. The summed E-state index contributed by atoms with van der Waals surface area (Å²) in [5.74, 6) is 2.44. The minimum absolute atomic E-state index is 0.164. The van der Waals surface area contributed by atoms with Crippen molar-refractivity contribution in [3.05, 3.63) is 48.2 Å². The quantitative estimate of drug-likeness (QED) is 0.876. The van der Waals surface area contributed by atoms with E-state index in [4.69, 9.17) is 9.47 Å². The molecule has 1 heterocycles. The van der Waals surface area contributed by atoms with Gasteiger partial charge >= 0.3 is 0 Å². The molecule has 0 amide bonds. The van der Waals surface area contributed by atoms with Gasteiger partial charge in [0.25, 0.3) is 0 Å². The maximum absolute atomic E-state index is 5.72. The first-order valence-corrected chi connectivity index (χ1v) is 6.63. The normalized spacial score (nSPS) is 11.8. The molecule has 1 aromatic heterocycles. The highest BCUT2D eigenvalue weighted by Gasteiger charge is 2.04. The molecule has 0 fully saturated rings. The van der Waals surface area contributed by atoms with Crippen molar-refractivity contribution in [1.82, 2.24) is 4.98 Å². The predicted molar refractivity (Wildman–Crippen MR) is 80.5 cm³/mol. The van der Waals surface area contributed by atoms with Crippen LogP contribution in [0.3, 0.4) is 0 Å². The first kappa shape index (κ1) is 14.2. The van der Waals surface area contributed by atoms with Crippen LogP contribution in [0.2, 0.25) is 0 Å². The van der Waals surface area contributed by atoms with Crippen molar-refractivity contribution in [2.24, 2.45) is 0 Å². The first-order chi connectivity index (χ1) is 9.67. The van der Waals surface area contributed by atoms with Gasteiger partial charge in [-0.05, 0) is 38.1 Å². The lowest BCUT2D eigenvalue weighted by atomic mass is 10.2. The summed E-state index contributed by atoms with van der Waals surface area (Å²) in [5.41, 5.74) is 1.23. The van der Waals surface area contributed by atoms with Crippen molar-refractivity contribution in [3.63, 3.8) is 0 Å². The average molecular weight is 272 g/mol. The summed E-state index contributed by atoms with van der Waals surface area (Å²) in [6, 6.07) is 12.0. The zero-order chi connectivity index (χ0) is 14.4. The number of nitrogens with one attached hydrogen (secondary N) is 1. The number of rotatable bonds is 6. The van der Waals surface area contributed by atoms with Gasteiger partial charge in [-0.15, -0.1) is 0 Å². The van der Waals surface area contributed by atoms with E-state index in [9.17, 15) is 0 Å². The minimum Gasteiger partial charge on any atom is -0.495 e. The van der Waals surface area contributed by atoms with Crippen molar-refractivity contribution in [1.29, 1.82) is 0 Å². The Morgan fingerprint density at radius 2 is 1.80 bits per heavy atom. The Bertz CT molecular complexity index is 523. The highest BCUT2D eigenvalue weighted by molar-refractivity contribution is 5.38. The van der Waals surface area contributed by atoms with E-state index >= 15 is 0 Å². The zero-order valence-electron chi connectivity index (χ0n) is 12.1. The smallest absolute Gasteiger partial charge is 0.137 e. The molecular weight excluding hydrogens is 252 g/mol. The molecule has 0 spiro atoms. The van der Waals surface area contributed by atoms with Crippen LogP contribution in [-0.2, 0) is 0 Å². The second-order valence-electron chi connectivity index (χ2n) is 4.75. The molecule has 0 aliphatic rings. The van der Waals surface area contributed by atoms with Crippen molar-refractivity contribution < 1.29 is 9.47 Å². The molecule has 4 heteroatoms. The van der Waals surface area contributed by atoms with Crippen molar-refractivity contribution in [2.75, 3.05) is 19.0 Å². The number of methoxy groups -OCH3 is 1. The summed E-state index contributed by atoms with van der Waals surface area (Å²) in [6.45, 7) is 4.69. The van der Waals surface area contributed by atoms with Gasteiger partial charge in [-0.1, -0.05) is 17.7 Å². The predicted octanol–water partition coefficient (Wildman–Crippen LogP) is 3.28. The monoisotopic (exact) mass is 272 g/mol. The SMILES string of the molecule is COc1ccc(NC(C)COc2ccc(C)cc2)nc1. The molecule has 0 aliphatic heterocycles. The van der Waals surface area contributed by atoms with Gasteiger partial charge in [0.2, 0.25) is 0 Å². The molecule has 0 bridgehead atoms. The van der Waals surface area contributed by atoms with Crippen LogP contribution in [0, 0.1) is 6.92 Å². The van der Waals surface area contributed by atoms with Gasteiger partial charge in [0.1, 0.15) is 23.9 Å². The highest BCUT2D eigenvalue weighted by Crippen LogP contribution is 2.14. The van der Waals surface area contributed by atoms with Crippen molar-refractivity contribution in [2.45, 2.75) is 19.9 Å². The van der Waals surface area contributed by atoms with Gasteiger partial charge in [0.15, 0.2) is 0 Å². The fourth-order valence-corrected chi connectivity index (χ4v) is 1.74. The summed E-state index contributed by atoms with van der Waals surface area (Å²) in [5, 5.41) is 3.28. The van der Waals surface area contributed by atoms with Crippen LogP contribution in [0.5, 0.6) is 11.5 Å². The Hall–Kier alpha value is -2.23. The molecule has 0 saturated heterocycles. The Kier molecular flexibility index (Phi) is 4.82. The van der Waals surface area contributed by atoms with E-state index in [-0.39, 0.29) is 6.04 Å². The maximum atomic E-state index is 5.72. The summed E-state index contributed by atoms with van der Waals surface area (Å²) >= 11 is 0. The van der Waals surface area contributed by atoms with E-state index in [1.165, 1.54) is 5.56 Å². The Labute approximate surface area is 119 Å². The number of pyridine rings is 1. The Morgan fingerprint density at radius 1 is 1.10 bits per heavy atom. The summed E-state index contributed by atoms with van der Waals surface area (Å²) in [7, 11) is 1.63.